The number of fused-ring (bicyclic) bond motifs is 3. The summed E-state index contributed by atoms with van der Waals surface area (Å²) in [5.74, 6) is 1.14. The van der Waals surface area contributed by atoms with Crippen LogP contribution in [0.25, 0.3) is 27.9 Å². The van der Waals surface area contributed by atoms with Crippen LogP contribution >= 0.6 is 0 Å². The lowest BCUT2D eigenvalue weighted by Gasteiger charge is -2.19. The highest BCUT2D eigenvalue weighted by Gasteiger charge is 2.18. The summed E-state index contributed by atoms with van der Waals surface area (Å²) in [6.07, 6.45) is 0. The van der Waals surface area contributed by atoms with Gasteiger partial charge in [-0.25, -0.2) is 13.8 Å². The average Bonchev–Trinajstić information content (AvgIpc) is 3.06. The molecule has 0 N–H and O–H groups in total. The number of benzene rings is 2. The molecule has 0 saturated carbocycles. The zero-order valence-electron chi connectivity index (χ0n) is 14.4. The van der Waals surface area contributed by atoms with Gasteiger partial charge >= 0.3 is 0 Å². The van der Waals surface area contributed by atoms with Gasteiger partial charge in [0.15, 0.2) is 11.5 Å². The van der Waals surface area contributed by atoms with Crippen LogP contribution in [0.1, 0.15) is 12.5 Å². The molecule has 25 heavy (non-hydrogen) atoms. The second-order valence-corrected chi connectivity index (χ2v) is 6.14. The van der Waals surface area contributed by atoms with Crippen LogP contribution in [0.3, 0.4) is 0 Å². The number of nitrogens with zero attached hydrogens (tertiary/aromatic N) is 5. The van der Waals surface area contributed by atoms with Gasteiger partial charge in [0.25, 0.3) is 0 Å². The van der Waals surface area contributed by atoms with E-state index in [0.29, 0.717) is 5.82 Å². The van der Waals surface area contributed by atoms with Crippen molar-refractivity contribution >= 4 is 22.5 Å². The summed E-state index contributed by atoms with van der Waals surface area (Å²) < 4.78 is 15.2. The first-order valence-electron chi connectivity index (χ1n) is 8.21. The molecule has 0 unspecified atom stereocenters. The van der Waals surface area contributed by atoms with Crippen LogP contribution in [-0.2, 0) is 0 Å². The monoisotopic (exact) mass is 335 g/mol. The zero-order chi connectivity index (χ0) is 17.6. The Bertz CT molecular complexity index is 1070. The second kappa shape index (κ2) is 5.81. The maximum atomic E-state index is 13.3. The van der Waals surface area contributed by atoms with E-state index >= 15 is 0 Å². The fourth-order valence-electron chi connectivity index (χ4n) is 2.92. The molecular weight excluding hydrogens is 317 g/mol. The van der Waals surface area contributed by atoms with E-state index in [9.17, 15) is 4.39 Å². The Kier molecular flexibility index (Phi) is 3.60. The first-order chi connectivity index (χ1) is 12.1. The normalized spacial score (nSPS) is 11.4. The van der Waals surface area contributed by atoms with Gasteiger partial charge in [0.1, 0.15) is 5.82 Å². The smallest absolute Gasteiger partial charge is 0.213 e. The van der Waals surface area contributed by atoms with E-state index in [1.54, 1.807) is 12.1 Å². The topological polar surface area (TPSA) is 46.3 Å². The number of halogens is 1. The van der Waals surface area contributed by atoms with Crippen LogP contribution in [0.4, 0.5) is 10.3 Å². The van der Waals surface area contributed by atoms with Crippen molar-refractivity contribution in [2.45, 2.75) is 13.8 Å². The summed E-state index contributed by atoms with van der Waals surface area (Å²) in [7, 11) is 1.98. The van der Waals surface area contributed by atoms with Crippen LogP contribution in [0.2, 0.25) is 0 Å². The number of aryl methyl sites for hydroxylation is 1. The Morgan fingerprint density at radius 1 is 1.08 bits per heavy atom. The molecule has 0 amide bonds. The molecule has 0 bridgehead atoms. The van der Waals surface area contributed by atoms with Crippen LogP contribution in [0, 0.1) is 12.7 Å². The van der Waals surface area contributed by atoms with Gasteiger partial charge in [-0.3, -0.25) is 0 Å². The van der Waals surface area contributed by atoms with Gasteiger partial charge in [-0.05, 0) is 50.2 Å². The number of hydrogen-bond acceptors (Lipinski definition) is 4. The lowest BCUT2D eigenvalue weighted by Crippen LogP contribution is -2.21. The minimum absolute atomic E-state index is 0.275. The van der Waals surface area contributed by atoms with E-state index in [0.717, 1.165) is 40.2 Å². The molecule has 0 spiro atoms. The maximum Gasteiger partial charge on any atom is 0.213 e. The molecule has 5 nitrogen and oxygen atoms in total. The molecule has 0 aliphatic carbocycles. The van der Waals surface area contributed by atoms with Crippen LogP contribution in [0.15, 0.2) is 42.5 Å². The number of anilines is 1. The first kappa shape index (κ1) is 15.5. The zero-order valence-corrected chi connectivity index (χ0v) is 14.4. The molecule has 126 valence electrons. The molecule has 6 heteroatoms. The van der Waals surface area contributed by atoms with Gasteiger partial charge in [-0.2, -0.15) is 0 Å². The van der Waals surface area contributed by atoms with Crippen molar-refractivity contribution in [1.29, 1.82) is 0 Å². The minimum atomic E-state index is -0.275. The number of rotatable bonds is 3. The van der Waals surface area contributed by atoms with Crippen LogP contribution < -0.4 is 4.90 Å². The molecule has 0 radical (unpaired) electrons. The van der Waals surface area contributed by atoms with Crippen molar-refractivity contribution in [2.24, 2.45) is 0 Å². The van der Waals surface area contributed by atoms with E-state index in [1.807, 2.05) is 35.4 Å². The molecule has 0 atom stereocenters. The molecule has 2 aromatic carbocycles. The van der Waals surface area contributed by atoms with E-state index in [-0.39, 0.29) is 5.82 Å². The molecule has 0 aliphatic rings. The summed E-state index contributed by atoms with van der Waals surface area (Å²) in [6.45, 7) is 4.90. The summed E-state index contributed by atoms with van der Waals surface area (Å²) in [5, 5.41) is 9.75. The fraction of sp³-hybridized carbons (Fsp3) is 0.211. The largest absolute Gasteiger partial charge is 0.345 e. The summed E-state index contributed by atoms with van der Waals surface area (Å²) >= 11 is 0. The third-order valence-electron chi connectivity index (χ3n) is 4.39. The van der Waals surface area contributed by atoms with Gasteiger partial charge in [0.05, 0.1) is 5.52 Å². The molecule has 0 saturated heterocycles. The van der Waals surface area contributed by atoms with E-state index in [4.69, 9.17) is 4.98 Å². The Balaban J connectivity index is 2.10. The van der Waals surface area contributed by atoms with E-state index in [2.05, 4.69) is 23.2 Å². The van der Waals surface area contributed by atoms with Gasteiger partial charge in [0, 0.05) is 24.5 Å². The van der Waals surface area contributed by atoms with Crippen LogP contribution in [-0.4, -0.2) is 33.2 Å². The van der Waals surface area contributed by atoms with Gasteiger partial charge in [-0.15, -0.1) is 10.2 Å². The summed E-state index contributed by atoms with van der Waals surface area (Å²) in [4.78, 5) is 6.87. The number of aromatic nitrogens is 4. The van der Waals surface area contributed by atoms with E-state index < -0.39 is 0 Å². The van der Waals surface area contributed by atoms with Crippen LogP contribution in [0.5, 0.6) is 0 Å². The predicted molar refractivity (Wildman–Crippen MR) is 97.4 cm³/mol. The summed E-state index contributed by atoms with van der Waals surface area (Å²) in [5.41, 5.74) is 3.57. The Morgan fingerprint density at radius 2 is 1.84 bits per heavy atom. The molecule has 2 aromatic heterocycles. The second-order valence-electron chi connectivity index (χ2n) is 6.14. The molecule has 0 fully saturated rings. The molecular formula is C19H18FN5. The van der Waals surface area contributed by atoms with Crippen molar-refractivity contribution in [3.63, 3.8) is 0 Å². The molecule has 0 aliphatic heterocycles. The summed E-state index contributed by atoms with van der Waals surface area (Å²) in [6, 6.07) is 12.4. The van der Waals surface area contributed by atoms with Crippen molar-refractivity contribution in [2.75, 3.05) is 18.5 Å². The van der Waals surface area contributed by atoms with Crippen molar-refractivity contribution in [3.8, 4) is 11.4 Å². The third-order valence-corrected chi connectivity index (χ3v) is 4.39. The lowest BCUT2D eigenvalue weighted by molar-refractivity contribution is 0.628. The minimum Gasteiger partial charge on any atom is -0.345 e. The molecule has 4 rings (SSSR count). The Morgan fingerprint density at radius 3 is 2.56 bits per heavy atom. The quantitative estimate of drug-likeness (QED) is 0.570. The van der Waals surface area contributed by atoms with E-state index in [1.165, 1.54) is 12.1 Å². The fourth-order valence-corrected chi connectivity index (χ4v) is 2.92. The number of hydrogen-bond donors (Lipinski definition) is 0. The Labute approximate surface area is 144 Å². The highest BCUT2D eigenvalue weighted by molar-refractivity contribution is 5.93. The SMILES string of the molecule is CCN(C)c1nc2ccc(C)cc2c2nnc(-c3ccc(F)cc3)n12. The standard InChI is InChI=1S/C19H18FN5/c1-4-24(3)19-21-16-10-5-12(2)11-15(16)18-23-22-17(25(18)19)13-6-8-14(20)9-7-13/h5-11H,4H2,1-3H3. The lowest BCUT2D eigenvalue weighted by atomic mass is 10.1. The van der Waals surface area contributed by atoms with Crippen molar-refractivity contribution in [1.82, 2.24) is 19.6 Å². The van der Waals surface area contributed by atoms with Crippen molar-refractivity contribution in [3.05, 3.63) is 53.8 Å². The average molecular weight is 335 g/mol. The first-order valence-corrected chi connectivity index (χ1v) is 8.21. The van der Waals surface area contributed by atoms with Gasteiger partial charge in [0.2, 0.25) is 5.95 Å². The predicted octanol–water partition coefficient (Wildman–Crippen LogP) is 3.85. The maximum absolute atomic E-state index is 13.3. The molecule has 2 heterocycles. The Hall–Kier alpha value is -3.02. The molecule has 4 aromatic rings. The van der Waals surface area contributed by atoms with Gasteiger partial charge in [-0.1, -0.05) is 11.6 Å². The highest BCUT2D eigenvalue weighted by Crippen LogP contribution is 2.28. The third kappa shape index (κ3) is 2.50. The van der Waals surface area contributed by atoms with Crippen molar-refractivity contribution < 1.29 is 4.39 Å². The van der Waals surface area contributed by atoms with Gasteiger partial charge < -0.3 is 4.90 Å². The highest BCUT2D eigenvalue weighted by atomic mass is 19.1.